The number of halogens is 4. The summed E-state index contributed by atoms with van der Waals surface area (Å²) in [5.41, 5.74) is 1.50. The number of alkyl halides is 2. The van der Waals surface area contributed by atoms with Crippen LogP contribution in [0.4, 0.5) is 18.9 Å². The monoisotopic (exact) mass is 315 g/mol. The van der Waals surface area contributed by atoms with Gasteiger partial charge in [0.2, 0.25) is 0 Å². The van der Waals surface area contributed by atoms with Crippen molar-refractivity contribution in [2.75, 3.05) is 5.32 Å². The van der Waals surface area contributed by atoms with Crippen LogP contribution < -0.4 is 10.1 Å². The average molecular weight is 316 g/mol. The molecule has 2 nitrogen and oxygen atoms in total. The molecule has 112 valence electrons. The van der Waals surface area contributed by atoms with Crippen LogP contribution in [0.2, 0.25) is 5.02 Å². The van der Waals surface area contributed by atoms with Gasteiger partial charge in [-0.25, -0.2) is 4.39 Å². The summed E-state index contributed by atoms with van der Waals surface area (Å²) in [7, 11) is 0. The van der Waals surface area contributed by atoms with Gasteiger partial charge in [-0.05, 0) is 37.3 Å². The third-order valence-electron chi connectivity index (χ3n) is 2.98. The maximum Gasteiger partial charge on any atom is 0.387 e. The summed E-state index contributed by atoms with van der Waals surface area (Å²) in [6.45, 7) is -1.10. The van der Waals surface area contributed by atoms with Gasteiger partial charge in [-0.3, -0.25) is 0 Å². The first-order chi connectivity index (χ1) is 9.97. The molecule has 0 aliphatic carbocycles. The Morgan fingerprint density at radius 2 is 2.00 bits per heavy atom. The zero-order chi connectivity index (χ0) is 15.4. The van der Waals surface area contributed by atoms with Gasteiger partial charge in [-0.15, -0.1) is 0 Å². The van der Waals surface area contributed by atoms with E-state index in [-0.39, 0.29) is 18.1 Å². The molecule has 0 fully saturated rings. The Morgan fingerprint density at radius 1 is 1.24 bits per heavy atom. The van der Waals surface area contributed by atoms with Crippen molar-refractivity contribution in [3.05, 3.63) is 58.4 Å². The van der Waals surface area contributed by atoms with E-state index >= 15 is 0 Å². The molecule has 0 radical (unpaired) electrons. The van der Waals surface area contributed by atoms with Gasteiger partial charge in [-0.2, -0.15) is 8.78 Å². The lowest BCUT2D eigenvalue weighted by molar-refractivity contribution is -0.0504. The molecule has 0 unspecified atom stereocenters. The molecule has 21 heavy (non-hydrogen) atoms. The molecule has 0 spiro atoms. The molecule has 2 rings (SSSR count). The molecule has 0 heterocycles. The molecule has 0 aliphatic rings. The van der Waals surface area contributed by atoms with E-state index in [9.17, 15) is 13.2 Å². The van der Waals surface area contributed by atoms with Crippen molar-refractivity contribution in [1.29, 1.82) is 0 Å². The van der Waals surface area contributed by atoms with Crippen LogP contribution in [-0.4, -0.2) is 6.61 Å². The molecule has 0 aliphatic heterocycles. The van der Waals surface area contributed by atoms with Gasteiger partial charge in [0, 0.05) is 28.4 Å². The summed E-state index contributed by atoms with van der Waals surface area (Å²) in [5, 5.41) is 3.39. The number of anilines is 1. The van der Waals surface area contributed by atoms with Crippen LogP contribution in [0.25, 0.3) is 0 Å². The van der Waals surface area contributed by atoms with Gasteiger partial charge in [0.05, 0.1) is 0 Å². The van der Waals surface area contributed by atoms with Gasteiger partial charge in [-0.1, -0.05) is 17.7 Å². The molecule has 0 saturated carbocycles. The van der Waals surface area contributed by atoms with Crippen molar-refractivity contribution >= 4 is 17.3 Å². The quantitative estimate of drug-likeness (QED) is 0.838. The maximum absolute atomic E-state index is 13.4. The molecule has 2 aromatic carbocycles. The van der Waals surface area contributed by atoms with E-state index < -0.39 is 6.61 Å². The minimum Gasteiger partial charge on any atom is -0.434 e. The van der Waals surface area contributed by atoms with Gasteiger partial charge < -0.3 is 10.1 Å². The lowest BCUT2D eigenvalue weighted by Crippen LogP contribution is -2.08. The largest absolute Gasteiger partial charge is 0.434 e. The Labute approximate surface area is 125 Å². The summed E-state index contributed by atoms with van der Waals surface area (Å²) < 4.78 is 42.6. The number of benzene rings is 2. The van der Waals surface area contributed by atoms with Crippen LogP contribution >= 0.6 is 11.6 Å². The summed E-state index contributed by atoms with van der Waals surface area (Å²) in [4.78, 5) is 0. The third kappa shape index (κ3) is 4.04. The van der Waals surface area contributed by atoms with E-state index in [2.05, 4.69) is 10.1 Å². The minimum atomic E-state index is -2.92. The second-order valence-electron chi connectivity index (χ2n) is 4.40. The summed E-state index contributed by atoms with van der Waals surface area (Å²) in [5.74, 6) is -0.300. The predicted octanol–water partition coefficient (Wildman–Crippen LogP) is 5.00. The standard InChI is InChI=1S/C15H13ClF3NO/c1-9-12(17)3-2-4-13(9)20-8-10-7-11(16)5-6-14(10)21-15(18)19/h2-7,15,20H,8H2,1H3. The smallest absolute Gasteiger partial charge is 0.387 e. The molecule has 6 heteroatoms. The molecule has 0 saturated heterocycles. The van der Waals surface area contributed by atoms with Crippen molar-refractivity contribution in [2.24, 2.45) is 0 Å². The average Bonchev–Trinajstić information content (AvgIpc) is 2.42. The number of hydrogen-bond acceptors (Lipinski definition) is 2. The maximum atomic E-state index is 13.4. The van der Waals surface area contributed by atoms with Gasteiger partial charge in [0.15, 0.2) is 0 Å². The third-order valence-corrected chi connectivity index (χ3v) is 3.21. The Bertz CT molecular complexity index is 634. The first kappa shape index (κ1) is 15.5. The second kappa shape index (κ2) is 6.72. The van der Waals surface area contributed by atoms with Gasteiger partial charge in [0.25, 0.3) is 0 Å². The minimum absolute atomic E-state index is 0.0379. The van der Waals surface area contributed by atoms with Gasteiger partial charge >= 0.3 is 6.61 Å². The molecule has 0 bridgehead atoms. The van der Waals surface area contributed by atoms with Crippen molar-refractivity contribution < 1.29 is 17.9 Å². The van der Waals surface area contributed by atoms with Crippen molar-refractivity contribution in [3.8, 4) is 5.75 Å². The zero-order valence-corrected chi connectivity index (χ0v) is 11.9. The number of ether oxygens (including phenoxy) is 1. The highest BCUT2D eigenvalue weighted by atomic mass is 35.5. The van der Waals surface area contributed by atoms with Crippen molar-refractivity contribution in [2.45, 2.75) is 20.1 Å². The molecule has 1 N–H and O–H groups in total. The lowest BCUT2D eigenvalue weighted by atomic mass is 10.1. The highest BCUT2D eigenvalue weighted by molar-refractivity contribution is 6.30. The number of rotatable bonds is 5. The second-order valence-corrected chi connectivity index (χ2v) is 4.83. The fraction of sp³-hybridized carbons (Fsp3) is 0.200. The summed E-state index contributed by atoms with van der Waals surface area (Å²) in [6, 6.07) is 9.00. The first-order valence-corrected chi connectivity index (χ1v) is 6.57. The van der Waals surface area contributed by atoms with E-state index in [1.165, 1.54) is 24.3 Å². The molecule has 0 atom stereocenters. The van der Waals surface area contributed by atoms with Crippen LogP contribution in [0.5, 0.6) is 5.75 Å². The Balaban J connectivity index is 2.19. The normalized spacial score (nSPS) is 10.8. The fourth-order valence-corrected chi connectivity index (χ4v) is 2.08. The summed E-state index contributed by atoms with van der Waals surface area (Å²) in [6.07, 6.45) is 0. The molecular formula is C15H13ClF3NO. The van der Waals surface area contributed by atoms with Crippen LogP contribution in [-0.2, 0) is 6.54 Å². The molecular weight excluding hydrogens is 303 g/mol. The zero-order valence-electron chi connectivity index (χ0n) is 11.2. The molecule has 0 amide bonds. The van der Waals surface area contributed by atoms with E-state index in [1.807, 2.05) is 0 Å². The topological polar surface area (TPSA) is 21.3 Å². The van der Waals surface area contributed by atoms with E-state index in [0.717, 1.165) is 0 Å². The summed E-state index contributed by atoms with van der Waals surface area (Å²) >= 11 is 5.86. The number of nitrogens with one attached hydrogen (secondary N) is 1. The lowest BCUT2D eigenvalue weighted by Gasteiger charge is -2.14. The first-order valence-electron chi connectivity index (χ1n) is 6.19. The Kier molecular flexibility index (Phi) is 4.96. The Morgan fingerprint density at radius 3 is 2.71 bits per heavy atom. The molecule has 2 aromatic rings. The fourth-order valence-electron chi connectivity index (χ4n) is 1.89. The van der Waals surface area contributed by atoms with Crippen LogP contribution in [0, 0.1) is 12.7 Å². The van der Waals surface area contributed by atoms with Crippen LogP contribution in [0.15, 0.2) is 36.4 Å². The highest BCUT2D eigenvalue weighted by Crippen LogP contribution is 2.26. The van der Waals surface area contributed by atoms with E-state index in [1.54, 1.807) is 19.1 Å². The SMILES string of the molecule is Cc1c(F)cccc1NCc1cc(Cl)ccc1OC(F)F. The Hall–Kier alpha value is -1.88. The number of hydrogen-bond donors (Lipinski definition) is 1. The highest BCUT2D eigenvalue weighted by Gasteiger charge is 2.11. The van der Waals surface area contributed by atoms with Crippen molar-refractivity contribution in [1.82, 2.24) is 0 Å². The van der Waals surface area contributed by atoms with E-state index in [0.29, 0.717) is 21.8 Å². The van der Waals surface area contributed by atoms with Crippen LogP contribution in [0.3, 0.4) is 0 Å². The van der Waals surface area contributed by atoms with Crippen LogP contribution in [0.1, 0.15) is 11.1 Å². The molecule has 0 aromatic heterocycles. The van der Waals surface area contributed by atoms with Crippen molar-refractivity contribution in [3.63, 3.8) is 0 Å². The predicted molar refractivity (Wildman–Crippen MR) is 76.5 cm³/mol. The van der Waals surface area contributed by atoms with E-state index in [4.69, 9.17) is 11.6 Å². The van der Waals surface area contributed by atoms with Gasteiger partial charge in [0.1, 0.15) is 11.6 Å².